The lowest BCUT2D eigenvalue weighted by atomic mass is 9.85. The van der Waals surface area contributed by atoms with Crippen molar-refractivity contribution in [1.29, 1.82) is 0 Å². The molecule has 0 bridgehead atoms. The fourth-order valence-corrected chi connectivity index (χ4v) is 3.18. The van der Waals surface area contributed by atoms with Crippen molar-refractivity contribution in [2.24, 2.45) is 0 Å². The summed E-state index contributed by atoms with van der Waals surface area (Å²) in [5.74, 6) is 1.02. The predicted molar refractivity (Wildman–Crippen MR) is 121 cm³/mol. The van der Waals surface area contributed by atoms with Crippen LogP contribution in [0.3, 0.4) is 0 Å². The fraction of sp³-hybridized carbons (Fsp3) is 0.750. The molecule has 0 spiro atoms. The normalized spacial score (nSPS) is 12.0. The molecule has 0 aliphatic heterocycles. The van der Waals surface area contributed by atoms with Gasteiger partial charge < -0.3 is 19.7 Å². The molecule has 0 aliphatic rings. The number of nitrogens with one attached hydrogen (secondary N) is 1. The molecule has 0 atom stereocenters. The molecule has 1 aromatic carbocycles. The van der Waals surface area contributed by atoms with Crippen LogP contribution in [0.1, 0.15) is 65.0 Å². The molecule has 162 valence electrons. The second-order valence-corrected chi connectivity index (χ2v) is 8.56. The molecule has 0 unspecified atom stereocenters. The number of benzene rings is 1. The van der Waals surface area contributed by atoms with E-state index in [1.165, 1.54) is 11.1 Å². The van der Waals surface area contributed by atoms with Crippen molar-refractivity contribution in [3.05, 3.63) is 29.3 Å². The van der Waals surface area contributed by atoms with Crippen molar-refractivity contribution >= 4 is 0 Å². The van der Waals surface area contributed by atoms with Crippen LogP contribution in [0.5, 0.6) is 5.75 Å². The smallest absolute Gasteiger partial charge is 0.123 e. The molecular weight excluding hydrogens is 348 g/mol. The van der Waals surface area contributed by atoms with Crippen molar-refractivity contribution in [2.75, 3.05) is 52.5 Å². The van der Waals surface area contributed by atoms with E-state index in [4.69, 9.17) is 9.47 Å². The van der Waals surface area contributed by atoms with Gasteiger partial charge in [-0.3, -0.25) is 0 Å². The van der Waals surface area contributed by atoms with Crippen LogP contribution in [0.4, 0.5) is 0 Å². The Morgan fingerprint density at radius 1 is 0.964 bits per heavy atom. The predicted octanol–water partition coefficient (Wildman–Crippen LogP) is 4.79. The summed E-state index contributed by atoms with van der Waals surface area (Å²) in [7, 11) is 0. The quantitative estimate of drug-likeness (QED) is 0.435. The van der Waals surface area contributed by atoms with Gasteiger partial charge in [0, 0.05) is 32.8 Å². The topological polar surface area (TPSA) is 33.7 Å². The van der Waals surface area contributed by atoms with Crippen LogP contribution in [0.2, 0.25) is 0 Å². The molecule has 4 nitrogen and oxygen atoms in total. The van der Waals surface area contributed by atoms with Gasteiger partial charge in [-0.1, -0.05) is 52.3 Å². The molecule has 0 saturated heterocycles. The average Bonchev–Trinajstić information content (AvgIpc) is 2.65. The van der Waals surface area contributed by atoms with E-state index in [0.29, 0.717) is 0 Å². The molecule has 4 heteroatoms. The van der Waals surface area contributed by atoms with Crippen molar-refractivity contribution in [1.82, 2.24) is 10.2 Å². The highest BCUT2D eigenvalue weighted by molar-refractivity contribution is 5.41. The summed E-state index contributed by atoms with van der Waals surface area (Å²) >= 11 is 0. The van der Waals surface area contributed by atoms with Gasteiger partial charge >= 0.3 is 0 Å². The molecule has 1 N–H and O–H groups in total. The van der Waals surface area contributed by atoms with E-state index in [-0.39, 0.29) is 5.41 Å². The van der Waals surface area contributed by atoms with E-state index in [1.807, 2.05) is 0 Å². The number of unbranched alkanes of at least 4 members (excludes halogenated alkanes) is 1. The Hall–Kier alpha value is -1.10. The van der Waals surface area contributed by atoms with Gasteiger partial charge in [-0.05, 0) is 56.3 Å². The lowest BCUT2D eigenvalue weighted by molar-refractivity contribution is 0.115. The van der Waals surface area contributed by atoms with Crippen molar-refractivity contribution in [2.45, 2.75) is 66.2 Å². The number of rotatable bonds is 15. The van der Waals surface area contributed by atoms with Gasteiger partial charge in [-0.2, -0.15) is 0 Å². The third-order valence-electron chi connectivity index (χ3n) is 4.95. The lowest BCUT2D eigenvalue weighted by Gasteiger charge is -2.23. The van der Waals surface area contributed by atoms with E-state index in [9.17, 15) is 0 Å². The fourth-order valence-electron chi connectivity index (χ4n) is 3.18. The molecule has 0 saturated carbocycles. The number of ether oxygens (including phenoxy) is 2. The minimum Gasteiger partial charge on any atom is -0.493 e. The molecular formula is C24H44N2O2. The van der Waals surface area contributed by atoms with Crippen LogP contribution in [0, 0.1) is 6.92 Å². The Labute approximate surface area is 174 Å². The number of hydrogen-bond acceptors (Lipinski definition) is 4. The van der Waals surface area contributed by atoms with Crippen molar-refractivity contribution in [3.63, 3.8) is 0 Å². The number of likely N-dealkylation sites (N-methyl/N-ethyl adjacent to an activating group) is 2. The van der Waals surface area contributed by atoms with Crippen LogP contribution < -0.4 is 10.1 Å². The summed E-state index contributed by atoms with van der Waals surface area (Å²) in [4.78, 5) is 2.48. The second kappa shape index (κ2) is 14.0. The molecule has 0 aliphatic carbocycles. The van der Waals surface area contributed by atoms with Crippen LogP contribution in [-0.2, 0) is 10.2 Å². The zero-order valence-electron chi connectivity index (χ0n) is 19.3. The summed E-state index contributed by atoms with van der Waals surface area (Å²) in [5.41, 5.74) is 2.68. The van der Waals surface area contributed by atoms with E-state index in [0.717, 1.165) is 77.6 Å². The highest BCUT2D eigenvalue weighted by Crippen LogP contribution is 2.32. The Kier molecular flexibility index (Phi) is 12.4. The van der Waals surface area contributed by atoms with Gasteiger partial charge in [0.25, 0.3) is 0 Å². The summed E-state index contributed by atoms with van der Waals surface area (Å²) in [5, 5.41) is 3.38. The number of nitrogens with zero attached hydrogens (tertiary/aromatic N) is 1. The zero-order chi connectivity index (χ0) is 20.8. The maximum absolute atomic E-state index is 6.07. The van der Waals surface area contributed by atoms with E-state index >= 15 is 0 Å². The highest BCUT2D eigenvalue weighted by atomic mass is 16.5. The first-order valence-corrected chi connectivity index (χ1v) is 11.1. The zero-order valence-corrected chi connectivity index (χ0v) is 19.3. The Bertz CT molecular complexity index is 526. The van der Waals surface area contributed by atoms with Crippen molar-refractivity contribution < 1.29 is 9.47 Å². The third kappa shape index (κ3) is 10.4. The van der Waals surface area contributed by atoms with Crippen LogP contribution in [0.25, 0.3) is 0 Å². The molecule has 28 heavy (non-hydrogen) atoms. The Morgan fingerprint density at radius 3 is 2.36 bits per heavy atom. The van der Waals surface area contributed by atoms with Crippen LogP contribution >= 0.6 is 0 Å². The Morgan fingerprint density at radius 2 is 1.68 bits per heavy atom. The largest absolute Gasteiger partial charge is 0.493 e. The molecule has 1 aromatic rings. The Balaban J connectivity index is 2.13. The van der Waals surface area contributed by atoms with E-state index < -0.39 is 0 Å². The van der Waals surface area contributed by atoms with Gasteiger partial charge in [-0.25, -0.2) is 0 Å². The van der Waals surface area contributed by atoms with Gasteiger partial charge in [0.2, 0.25) is 0 Å². The summed E-state index contributed by atoms with van der Waals surface area (Å²) in [6.45, 7) is 21.1. The SMILES string of the molecule is CCNCCN(CC)CCCOCCCCOc1ccc(C)cc1C(C)(C)C. The van der Waals surface area contributed by atoms with Gasteiger partial charge in [-0.15, -0.1) is 0 Å². The maximum atomic E-state index is 6.07. The van der Waals surface area contributed by atoms with Crippen LogP contribution in [-0.4, -0.2) is 57.4 Å². The minimum atomic E-state index is 0.101. The lowest BCUT2D eigenvalue weighted by Crippen LogP contribution is -2.33. The maximum Gasteiger partial charge on any atom is 0.123 e. The van der Waals surface area contributed by atoms with Crippen molar-refractivity contribution in [3.8, 4) is 5.75 Å². The molecule has 0 amide bonds. The van der Waals surface area contributed by atoms with Crippen LogP contribution in [0.15, 0.2) is 18.2 Å². The standard InChI is InChI=1S/C24H44N2O2/c1-7-25-14-16-26(8-2)15-11-18-27-17-9-10-19-28-23-13-12-21(3)20-22(23)24(4,5)6/h12-13,20,25H,7-11,14-19H2,1-6H3. The first-order valence-electron chi connectivity index (χ1n) is 11.1. The molecule has 0 radical (unpaired) electrons. The number of hydrogen-bond donors (Lipinski definition) is 1. The first kappa shape index (κ1) is 24.9. The summed E-state index contributed by atoms with van der Waals surface area (Å²) in [6, 6.07) is 6.49. The number of aryl methyl sites for hydroxylation is 1. The van der Waals surface area contributed by atoms with Gasteiger partial charge in [0.1, 0.15) is 5.75 Å². The van der Waals surface area contributed by atoms with E-state index in [2.05, 4.69) is 70.0 Å². The monoisotopic (exact) mass is 392 g/mol. The molecule has 1 rings (SSSR count). The highest BCUT2D eigenvalue weighted by Gasteiger charge is 2.19. The minimum absolute atomic E-state index is 0.101. The summed E-state index contributed by atoms with van der Waals surface area (Å²) < 4.78 is 11.9. The van der Waals surface area contributed by atoms with Gasteiger partial charge in [0.05, 0.1) is 6.61 Å². The molecule has 0 fully saturated rings. The third-order valence-corrected chi connectivity index (χ3v) is 4.95. The average molecular weight is 393 g/mol. The van der Waals surface area contributed by atoms with Gasteiger partial charge in [0.15, 0.2) is 0 Å². The van der Waals surface area contributed by atoms with E-state index in [1.54, 1.807) is 0 Å². The first-order chi connectivity index (χ1) is 13.4. The molecule has 0 aromatic heterocycles. The summed E-state index contributed by atoms with van der Waals surface area (Å²) in [6.07, 6.45) is 3.19. The second-order valence-electron chi connectivity index (χ2n) is 8.56. The molecule has 0 heterocycles.